The Kier molecular flexibility index (Phi) is 4.97. The van der Waals surface area contributed by atoms with E-state index >= 15 is 0 Å². The summed E-state index contributed by atoms with van der Waals surface area (Å²) in [6.07, 6.45) is -5.05. The van der Waals surface area contributed by atoms with E-state index in [1.54, 1.807) is 0 Å². The highest BCUT2D eigenvalue weighted by Crippen LogP contribution is 2.22. The number of hydrogen-bond acceptors (Lipinski definition) is 9. The minimum absolute atomic E-state index is 0.370. The van der Waals surface area contributed by atoms with Gasteiger partial charge in [-0.05, 0) is 0 Å². The number of aliphatic hydroxyl groups is 4. The molecule has 1 aliphatic heterocycles. The Bertz CT molecular complexity index is 711. The Hall–Kier alpha value is -2.05. The Morgan fingerprint density at radius 1 is 1.30 bits per heavy atom. The number of H-pyrrole nitrogens is 1. The first-order chi connectivity index (χ1) is 10.8. The molecule has 6 N–H and O–H groups in total. The van der Waals surface area contributed by atoms with Crippen LogP contribution in [0.3, 0.4) is 0 Å². The molecule has 0 bridgehead atoms. The molecule has 2 rings (SSSR count). The SMILES string of the molecule is Cn1c(O)c(C=N[C@H]2[C@H](O)[C@H](O)[C@H](CO)O[C@@H]2O)c(=O)[nH]c1=O. The number of aromatic amines is 1. The molecule has 0 spiro atoms. The number of aromatic nitrogens is 2. The summed E-state index contributed by atoms with van der Waals surface area (Å²) in [4.78, 5) is 28.6. The first-order valence-electron chi connectivity index (χ1n) is 6.64. The highest BCUT2D eigenvalue weighted by molar-refractivity contribution is 5.82. The van der Waals surface area contributed by atoms with Gasteiger partial charge in [0.25, 0.3) is 5.56 Å². The molecule has 0 saturated carbocycles. The lowest BCUT2D eigenvalue weighted by molar-refractivity contribution is -0.248. The lowest BCUT2D eigenvalue weighted by Gasteiger charge is -2.38. The molecular formula is C12H17N3O8. The average molecular weight is 331 g/mol. The van der Waals surface area contributed by atoms with E-state index in [-0.39, 0.29) is 5.56 Å². The van der Waals surface area contributed by atoms with E-state index in [0.29, 0.717) is 0 Å². The molecule has 0 aromatic carbocycles. The van der Waals surface area contributed by atoms with Gasteiger partial charge in [0, 0.05) is 13.3 Å². The minimum Gasteiger partial charge on any atom is -0.494 e. The van der Waals surface area contributed by atoms with Crippen LogP contribution in [0.25, 0.3) is 0 Å². The van der Waals surface area contributed by atoms with Crippen molar-refractivity contribution in [1.29, 1.82) is 0 Å². The molecule has 0 amide bonds. The standard InChI is InChI=1S/C12H17N3O8/c1-15-10(20)4(9(19)14-12(15)22)2-13-6-8(18)7(17)5(3-16)23-11(6)21/h2,5-8,11,16-18,20-21H,3H2,1H3,(H,14,19,22)/t5-,6-,7+,8-,11-/m0/s1. The topological polar surface area (TPSA) is 178 Å². The second-order valence-corrected chi connectivity index (χ2v) is 5.05. The fraction of sp³-hybridized carbons (Fsp3) is 0.583. The largest absolute Gasteiger partial charge is 0.494 e. The maximum Gasteiger partial charge on any atom is 0.330 e. The minimum atomic E-state index is -1.64. The summed E-state index contributed by atoms with van der Waals surface area (Å²) in [7, 11) is 1.22. The number of aromatic hydroxyl groups is 1. The van der Waals surface area contributed by atoms with Crippen molar-refractivity contribution in [3.63, 3.8) is 0 Å². The summed E-state index contributed by atoms with van der Waals surface area (Å²) < 4.78 is 5.67. The molecule has 128 valence electrons. The molecule has 0 radical (unpaired) electrons. The van der Waals surface area contributed by atoms with Crippen LogP contribution < -0.4 is 11.2 Å². The molecule has 1 aromatic rings. The van der Waals surface area contributed by atoms with E-state index in [4.69, 9.17) is 9.84 Å². The molecule has 11 nitrogen and oxygen atoms in total. The van der Waals surface area contributed by atoms with Crippen LogP contribution in [-0.2, 0) is 11.8 Å². The number of nitrogens with zero attached hydrogens (tertiary/aromatic N) is 2. The zero-order chi connectivity index (χ0) is 17.3. The molecule has 11 heteroatoms. The van der Waals surface area contributed by atoms with Crippen LogP contribution in [0.5, 0.6) is 5.88 Å². The van der Waals surface area contributed by atoms with Gasteiger partial charge in [0.15, 0.2) is 6.29 Å². The highest BCUT2D eigenvalue weighted by atomic mass is 16.6. The summed E-state index contributed by atoms with van der Waals surface area (Å²) in [5, 5.41) is 48.1. The van der Waals surface area contributed by atoms with Crippen molar-refractivity contribution in [3.8, 4) is 5.88 Å². The van der Waals surface area contributed by atoms with Crippen molar-refractivity contribution < 1.29 is 30.3 Å². The summed E-state index contributed by atoms with van der Waals surface area (Å²) in [6, 6.07) is -1.36. The van der Waals surface area contributed by atoms with Gasteiger partial charge in [-0.1, -0.05) is 0 Å². The second kappa shape index (κ2) is 6.60. The molecule has 1 saturated heterocycles. The number of rotatable bonds is 3. The number of ether oxygens (including phenoxy) is 1. The van der Waals surface area contributed by atoms with Crippen LogP contribution in [0, 0.1) is 0 Å². The second-order valence-electron chi connectivity index (χ2n) is 5.05. The van der Waals surface area contributed by atoms with Gasteiger partial charge in [0.1, 0.15) is 29.9 Å². The maximum atomic E-state index is 11.7. The zero-order valence-corrected chi connectivity index (χ0v) is 12.0. The third-order valence-electron chi connectivity index (χ3n) is 3.57. The lowest BCUT2D eigenvalue weighted by Crippen LogP contribution is -2.57. The Balaban J connectivity index is 2.32. The van der Waals surface area contributed by atoms with E-state index in [9.17, 15) is 30.0 Å². The molecule has 23 heavy (non-hydrogen) atoms. The van der Waals surface area contributed by atoms with Gasteiger partial charge in [-0.15, -0.1) is 0 Å². The van der Waals surface area contributed by atoms with Crippen molar-refractivity contribution in [2.24, 2.45) is 12.0 Å². The van der Waals surface area contributed by atoms with Crippen molar-refractivity contribution in [2.45, 2.75) is 30.6 Å². The smallest absolute Gasteiger partial charge is 0.330 e. The van der Waals surface area contributed by atoms with Gasteiger partial charge in [-0.25, -0.2) is 4.79 Å². The van der Waals surface area contributed by atoms with Gasteiger partial charge in [0.2, 0.25) is 5.88 Å². The van der Waals surface area contributed by atoms with Gasteiger partial charge >= 0.3 is 5.69 Å². The number of aliphatic hydroxyl groups excluding tert-OH is 4. The Morgan fingerprint density at radius 3 is 2.57 bits per heavy atom. The fourth-order valence-corrected chi connectivity index (χ4v) is 2.15. The van der Waals surface area contributed by atoms with Crippen LogP contribution in [0.4, 0.5) is 0 Å². The molecule has 2 heterocycles. The molecule has 5 atom stereocenters. The fourth-order valence-electron chi connectivity index (χ4n) is 2.15. The predicted octanol–water partition coefficient (Wildman–Crippen LogP) is -4.00. The first-order valence-corrected chi connectivity index (χ1v) is 6.64. The van der Waals surface area contributed by atoms with Gasteiger partial charge in [-0.2, -0.15) is 0 Å². The summed E-state index contributed by atoms with van der Waals surface area (Å²) in [5.41, 5.74) is -2.11. The number of aliphatic imine (C=N–C) groups is 1. The van der Waals surface area contributed by atoms with Gasteiger partial charge < -0.3 is 30.3 Å². The summed E-state index contributed by atoms with van der Waals surface area (Å²) in [6.45, 7) is -0.618. The van der Waals surface area contributed by atoms with Crippen molar-refractivity contribution in [2.75, 3.05) is 6.61 Å². The Morgan fingerprint density at radius 2 is 1.96 bits per heavy atom. The molecule has 0 unspecified atom stereocenters. The van der Waals surface area contributed by atoms with Gasteiger partial charge in [-0.3, -0.25) is 19.3 Å². The third kappa shape index (κ3) is 3.18. The molecule has 0 aliphatic carbocycles. The van der Waals surface area contributed by atoms with E-state index in [1.165, 1.54) is 7.05 Å². The first kappa shape index (κ1) is 17.3. The zero-order valence-electron chi connectivity index (χ0n) is 12.0. The van der Waals surface area contributed by atoms with Gasteiger partial charge in [0.05, 0.1) is 6.61 Å². The van der Waals surface area contributed by atoms with Crippen molar-refractivity contribution in [1.82, 2.24) is 9.55 Å². The Labute approximate surface area is 128 Å². The maximum absolute atomic E-state index is 11.7. The molecule has 1 aliphatic rings. The quantitative estimate of drug-likeness (QED) is 0.303. The predicted molar refractivity (Wildman–Crippen MR) is 75.3 cm³/mol. The van der Waals surface area contributed by atoms with Crippen LogP contribution in [0.1, 0.15) is 5.56 Å². The normalized spacial score (nSPS) is 31.6. The lowest BCUT2D eigenvalue weighted by atomic mass is 9.97. The van der Waals surface area contributed by atoms with Crippen LogP contribution >= 0.6 is 0 Å². The van der Waals surface area contributed by atoms with Crippen LogP contribution in [0.2, 0.25) is 0 Å². The summed E-state index contributed by atoms with van der Waals surface area (Å²) in [5.74, 6) is -0.656. The van der Waals surface area contributed by atoms with E-state index in [2.05, 4.69) is 4.99 Å². The third-order valence-corrected chi connectivity index (χ3v) is 3.57. The van der Waals surface area contributed by atoms with Crippen LogP contribution in [0.15, 0.2) is 14.6 Å². The van der Waals surface area contributed by atoms with E-state index < -0.39 is 54.4 Å². The van der Waals surface area contributed by atoms with E-state index in [0.717, 1.165) is 10.8 Å². The monoisotopic (exact) mass is 331 g/mol. The van der Waals surface area contributed by atoms with Crippen molar-refractivity contribution in [3.05, 3.63) is 26.4 Å². The van der Waals surface area contributed by atoms with Crippen LogP contribution in [-0.4, -0.2) is 78.5 Å². The average Bonchev–Trinajstić information content (AvgIpc) is 2.51. The summed E-state index contributed by atoms with van der Waals surface area (Å²) >= 11 is 0. The highest BCUT2D eigenvalue weighted by Gasteiger charge is 2.43. The molecular weight excluding hydrogens is 314 g/mol. The molecule has 1 fully saturated rings. The van der Waals surface area contributed by atoms with Crippen molar-refractivity contribution >= 4 is 6.21 Å². The number of hydrogen-bond donors (Lipinski definition) is 6. The molecule has 1 aromatic heterocycles. The van der Waals surface area contributed by atoms with E-state index in [1.807, 2.05) is 4.98 Å². The number of nitrogens with one attached hydrogen (secondary N) is 1.